The maximum atomic E-state index is 12.9. The lowest BCUT2D eigenvalue weighted by atomic mass is 9.92. The molecule has 1 atom stereocenters. The van der Waals surface area contributed by atoms with Crippen LogP contribution in [0.25, 0.3) is 0 Å². The van der Waals surface area contributed by atoms with Gasteiger partial charge in [0, 0.05) is 19.1 Å². The molecule has 1 aromatic carbocycles. The van der Waals surface area contributed by atoms with Crippen LogP contribution in [0.3, 0.4) is 0 Å². The second-order valence-electron chi connectivity index (χ2n) is 7.53. The molecule has 1 aliphatic heterocycles. The number of carbonyl (C=O) groups is 1. The van der Waals surface area contributed by atoms with Crippen molar-refractivity contribution < 1.29 is 18.3 Å². The molecule has 1 saturated heterocycles. The van der Waals surface area contributed by atoms with Crippen molar-refractivity contribution in [3.8, 4) is 0 Å². The number of aliphatic hydroxyl groups excluding tert-OH is 1. The highest BCUT2D eigenvalue weighted by Gasteiger charge is 2.34. The number of carbonyl (C=O) groups excluding carboxylic acids is 1. The van der Waals surface area contributed by atoms with Gasteiger partial charge < -0.3 is 10.4 Å². The Kier molecular flexibility index (Phi) is 5.99. The van der Waals surface area contributed by atoms with Crippen molar-refractivity contribution in [1.29, 1.82) is 0 Å². The highest BCUT2D eigenvalue weighted by molar-refractivity contribution is 7.89. The molecule has 6 nitrogen and oxygen atoms in total. The summed E-state index contributed by atoms with van der Waals surface area (Å²) < 4.78 is 27.2. The van der Waals surface area contributed by atoms with E-state index in [1.54, 1.807) is 18.2 Å². The fourth-order valence-electron chi connectivity index (χ4n) is 3.84. The Labute approximate surface area is 155 Å². The molecule has 2 N–H and O–H groups in total. The van der Waals surface area contributed by atoms with Crippen LogP contribution >= 0.6 is 0 Å². The summed E-state index contributed by atoms with van der Waals surface area (Å²) in [4.78, 5) is 12.9. The molecule has 0 bridgehead atoms. The summed E-state index contributed by atoms with van der Waals surface area (Å²) in [7, 11) is -3.57. The number of nitrogens with one attached hydrogen (secondary N) is 1. The average molecular weight is 381 g/mol. The Hall–Kier alpha value is -1.44. The molecule has 2 aliphatic rings. The van der Waals surface area contributed by atoms with Gasteiger partial charge in [-0.2, -0.15) is 4.31 Å². The molecule has 26 heavy (non-hydrogen) atoms. The van der Waals surface area contributed by atoms with Gasteiger partial charge in [0.25, 0.3) is 0 Å². The van der Waals surface area contributed by atoms with E-state index < -0.39 is 10.0 Å². The average Bonchev–Trinajstić information content (AvgIpc) is 2.63. The minimum absolute atomic E-state index is 0.0597. The first-order valence-electron chi connectivity index (χ1n) is 9.41. The number of piperidine rings is 1. The van der Waals surface area contributed by atoms with Crippen LogP contribution in [0.1, 0.15) is 44.1 Å². The molecule has 1 amide bonds. The van der Waals surface area contributed by atoms with Crippen molar-refractivity contribution in [1.82, 2.24) is 9.62 Å². The lowest BCUT2D eigenvalue weighted by molar-refractivity contribution is -0.127. The Morgan fingerprint density at radius 1 is 1.19 bits per heavy atom. The lowest BCUT2D eigenvalue weighted by Gasteiger charge is -2.33. The van der Waals surface area contributed by atoms with Gasteiger partial charge in [-0.15, -0.1) is 0 Å². The Morgan fingerprint density at radius 3 is 2.62 bits per heavy atom. The van der Waals surface area contributed by atoms with Gasteiger partial charge in [0.1, 0.15) is 0 Å². The van der Waals surface area contributed by atoms with Crippen molar-refractivity contribution in [2.45, 2.75) is 62.5 Å². The van der Waals surface area contributed by atoms with E-state index >= 15 is 0 Å². The van der Waals surface area contributed by atoms with Crippen LogP contribution in [0.15, 0.2) is 29.2 Å². The number of aliphatic hydroxyl groups is 1. The SMILES string of the molecule is Cc1cccc(S(=O)(=O)N2CCC[C@H](C(=O)NC3CCC(O)CC3)C2)c1. The summed E-state index contributed by atoms with van der Waals surface area (Å²) in [5.74, 6) is -0.370. The number of rotatable bonds is 4. The molecule has 7 heteroatoms. The van der Waals surface area contributed by atoms with Gasteiger partial charge in [-0.1, -0.05) is 12.1 Å². The highest BCUT2D eigenvalue weighted by atomic mass is 32.2. The second kappa shape index (κ2) is 8.06. The maximum absolute atomic E-state index is 12.9. The summed E-state index contributed by atoms with van der Waals surface area (Å²) in [5, 5.41) is 12.6. The van der Waals surface area contributed by atoms with E-state index in [2.05, 4.69) is 5.32 Å². The fourth-order valence-corrected chi connectivity index (χ4v) is 5.47. The third kappa shape index (κ3) is 4.45. The Morgan fingerprint density at radius 2 is 1.92 bits per heavy atom. The minimum Gasteiger partial charge on any atom is -0.393 e. The van der Waals surface area contributed by atoms with E-state index in [1.165, 1.54) is 4.31 Å². The van der Waals surface area contributed by atoms with Crippen LogP contribution in [0.5, 0.6) is 0 Å². The summed E-state index contributed by atoms with van der Waals surface area (Å²) in [6, 6.07) is 6.99. The monoisotopic (exact) mass is 380 g/mol. The van der Waals surface area contributed by atoms with Crippen molar-refractivity contribution in [3.05, 3.63) is 29.8 Å². The Bertz CT molecular complexity index is 742. The number of aryl methyl sites for hydroxylation is 1. The zero-order valence-corrected chi connectivity index (χ0v) is 16.0. The van der Waals surface area contributed by atoms with Gasteiger partial charge in [0.05, 0.1) is 16.9 Å². The van der Waals surface area contributed by atoms with E-state index in [4.69, 9.17) is 0 Å². The predicted octanol–water partition coefficient (Wildman–Crippen LogP) is 1.82. The quantitative estimate of drug-likeness (QED) is 0.834. The van der Waals surface area contributed by atoms with Gasteiger partial charge in [0.2, 0.25) is 15.9 Å². The van der Waals surface area contributed by atoms with Crippen molar-refractivity contribution in [2.75, 3.05) is 13.1 Å². The number of hydrogen-bond donors (Lipinski definition) is 2. The molecule has 144 valence electrons. The van der Waals surface area contributed by atoms with Gasteiger partial charge in [0.15, 0.2) is 0 Å². The number of sulfonamides is 1. The third-order valence-corrected chi connectivity index (χ3v) is 7.29. The van der Waals surface area contributed by atoms with Crippen molar-refractivity contribution in [3.63, 3.8) is 0 Å². The lowest BCUT2D eigenvalue weighted by Crippen LogP contribution is -2.48. The molecular formula is C19H28N2O4S. The normalized spacial score (nSPS) is 27.8. The molecule has 1 saturated carbocycles. The topological polar surface area (TPSA) is 86.7 Å². The molecule has 0 unspecified atom stereocenters. The van der Waals surface area contributed by atoms with Crippen LogP contribution in [0, 0.1) is 12.8 Å². The van der Waals surface area contributed by atoms with E-state index in [1.807, 2.05) is 13.0 Å². The molecule has 1 aromatic rings. The predicted molar refractivity (Wildman–Crippen MR) is 99.1 cm³/mol. The molecule has 0 spiro atoms. The summed E-state index contributed by atoms with van der Waals surface area (Å²) in [6.45, 7) is 2.56. The van der Waals surface area contributed by atoms with Crippen LogP contribution in [0.2, 0.25) is 0 Å². The smallest absolute Gasteiger partial charge is 0.243 e. The van der Waals surface area contributed by atoms with Gasteiger partial charge >= 0.3 is 0 Å². The first kappa shape index (κ1) is 19.3. The molecule has 2 fully saturated rings. The van der Waals surface area contributed by atoms with Crippen LogP contribution in [-0.2, 0) is 14.8 Å². The Balaban J connectivity index is 1.64. The first-order chi connectivity index (χ1) is 12.4. The standard InChI is InChI=1S/C19H28N2O4S/c1-14-4-2-6-18(12-14)26(24,25)21-11-3-5-15(13-21)19(23)20-16-7-9-17(22)10-8-16/h2,4,6,12,15-17,22H,3,5,7-11,13H2,1H3,(H,20,23)/t15-,16?,17?/m0/s1. The highest BCUT2D eigenvalue weighted by Crippen LogP contribution is 2.25. The zero-order chi connectivity index (χ0) is 18.7. The summed E-state index contributed by atoms with van der Waals surface area (Å²) in [5.41, 5.74) is 0.900. The van der Waals surface area contributed by atoms with E-state index in [-0.39, 0.29) is 30.5 Å². The number of amides is 1. The number of benzene rings is 1. The molecular weight excluding hydrogens is 352 g/mol. The molecule has 1 aliphatic carbocycles. The van der Waals surface area contributed by atoms with E-state index in [0.29, 0.717) is 37.1 Å². The number of hydrogen-bond acceptors (Lipinski definition) is 4. The van der Waals surface area contributed by atoms with Crippen LogP contribution in [-0.4, -0.2) is 49.0 Å². The summed E-state index contributed by atoms with van der Waals surface area (Å²) >= 11 is 0. The molecule has 1 heterocycles. The fraction of sp³-hybridized carbons (Fsp3) is 0.632. The first-order valence-corrected chi connectivity index (χ1v) is 10.9. The maximum Gasteiger partial charge on any atom is 0.243 e. The number of nitrogens with zero attached hydrogens (tertiary/aromatic N) is 1. The van der Waals surface area contributed by atoms with Crippen molar-refractivity contribution >= 4 is 15.9 Å². The van der Waals surface area contributed by atoms with E-state index in [0.717, 1.165) is 18.4 Å². The van der Waals surface area contributed by atoms with E-state index in [9.17, 15) is 18.3 Å². The van der Waals surface area contributed by atoms with Gasteiger partial charge in [-0.3, -0.25) is 4.79 Å². The zero-order valence-electron chi connectivity index (χ0n) is 15.2. The second-order valence-corrected chi connectivity index (χ2v) is 9.47. The van der Waals surface area contributed by atoms with Crippen molar-refractivity contribution in [2.24, 2.45) is 5.92 Å². The van der Waals surface area contributed by atoms with Crippen LogP contribution in [0.4, 0.5) is 0 Å². The molecule has 0 aromatic heterocycles. The van der Waals surface area contributed by atoms with Gasteiger partial charge in [-0.05, 0) is 63.1 Å². The third-order valence-electron chi connectivity index (χ3n) is 5.43. The molecule has 0 radical (unpaired) electrons. The van der Waals surface area contributed by atoms with Crippen LogP contribution < -0.4 is 5.32 Å². The largest absolute Gasteiger partial charge is 0.393 e. The minimum atomic E-state index is -3.57. The van der Waals surface area contributed by atoms with Gasteiger partial charge in [-0.25, -0.2) is 8.42 Å². The summed E-state index contributed by atoms with van der Waals surface area (Å²) in [6.07, 6.45) is 4.13. The molecule has 3 rings (SSSR count).